The van der Waals surface area contributed by atoms with Gasteiger partial charge in [-0.2, -0.15) is 0 Å². The predicted octanol–water partition coefficient (Wildman–Crippen LogP) is 2.16. The first-order valence-electron chi connectivity index (χ1n) is 5.58. The maximum atomic E-state index is 10.3. The van der Waals surface area contributed by atoms with Gasteiger partial charge in [0, 0.05) is 11.6 Å². The number of nitrogens with two attached hydrogens (primary N) is 1. The molecular weight excluding hydrogens is 234 g/mol. The highest BCUT2D eigenvalue weighted by Gasteiger charge is 2.39. The lowest BCUT2D eigenvalue weighted by molar-refractivity contribution is -0.0417. The van der Waals surface area contributed by atoms with Crippen LogP contribution in [-0.2, 0) is 5.60 Å². The third-order valence-electron chi connectivity index (χ3n) is 3.20. The quantitative estimate of drug-likeness (QED) is 0.853. The Morgan fingerprint density at radius 3 is 2.76 bits per heavy atom. The molecule has 2 aromatic rings. The van der Waals surface area contributed by atoms with Crippen LogP contribution in [0, 0.1) is 0 Å². The Morgan fingerprint density at radius 2 is 2.18 bits per heavy atom. The average molecular weight is 247 g/mol. The standard InChI is InChI=1S/C12H13N3OS/c13-8-2-3-9(11-14-6-7-17-11)15-10(8)12(16)4-1-5-12/h2-3,6-7,16H,1,4-5,13H2. The monoisotopic (exact) mass is 247 g/mol. The zero-order chi connectivity index (χ0) is 11.9. The molecule has 88 valence electrons. The van der Waals surface area contributed by atoms with E-state index >= 15 is 0 Å². The zero-order valence-corrected chi connectivity index (χ0v) is 10.1. The maximum absolute atomic E-state index is 10.3. The number of aromatic nitrogens is 2. The van der Waals surface area contributed by atoms with Crippen molar-refractivity contribution in [3.8, 4) is 10.7 Å². The van der Waals surface area contributed by atoms with E-state index in [4.69, 9.17) is 5.73 Å². The van der Waals surface area contributed by atoms with Gasteiger partial charge in [0.2, 0.25) is 0 Å². The minimum absolute atomic E-state index is 0.563. The van der Waals surface area contributed by atoms with E-state index in [1.54, 1.807) is 12.3 Å². The minimum atomic E-state index is -0.822. The van der Waals surface area contributed by atoms with Crippen LogP contribution >= 0.6 is 11.3 Å². The molecule has 3 N–H and O–H groups in total. The number of hydrogen-bond donors (Lipinski definition) is 2. The van der Waals surface area contributed by atoms with Crippen LogP contribution < -0.4 is 5.73 Å². The molecule has 0 saturated heterocycles. The van der Waals surface area contributed by atoms with Gasteiger partial charge in [0.1, 0.15) is 10.6 Å². The molecule has 0 unspecified atom stereocenters. The SMILES string of the molecule is Nc1ccc(-c2nccs2)nc1C1(O)CCC1. The average Bonchev–Trinajstić information content (AvgIpc) is 2.80. The van der Waals surface area contributed by atoms with E-state index in [2.05, 4.69) is 9.97 Å². The number of hydrogen-bond acceptors (Lipinski definition) is 5. The van der Waals surface area contributed by atoms with Crippen LogP contribution in [0.15, 0.2) is 23.7 Å². The van der Waals surface area contributed by atoms with Gasteiger partial charge < -0.3 is 10.8 Å². The van der Waals surface area contributed by atoms with Gasteiger partial charge in [-0.1, -0.05) is 0 Å². The second-order valence-corrected chi connectivity index (χ2v) is 5.25. The van der Waals surface area contributed by atoms with Crippen molar-refractivity contribution in [1.29, 1.82) is 0 Å². The second kappa shape index (κ2) is 3.78. The van der Waals surface area contributed by atoms with Crippen molar-refractivity contribution in [1.82, 2.24) is 9.97 Å². The lowest BCUT2D eigenvalue weighted by atomic mass is 9.77. The summed E-state index contributed by atoms with van der Waals surface area (Å²) in [6.45, 7) is 0. The molecule has 0 bridgehead atoms. The molecule has 0 amide bonds. The third-order valence-corrected chi connectivity index (χ3v) is 4.00. The summed E-state index contributed by atoms with van der Waals surface area (Å²) >= 11 is 1.53. The molecule has 17 heavy (non-hydrogen) atoms. The molecular formula is C12H13N3OS. The second-order valence-electron chi connectivity index (χ2n) is 4.36. The van der Waals surface area contributed by atoms with Gasteiger partial charge in [-0.15, -0.1) is 11.3 Å². The van der Waals surface area contributed by atoms with E-state index in [-0.39, 0.29) is 0 Å². The van der Waals surface area contributed by atoms with Gasteiger partial charge in [0.15, 0.2) is 0 Å². The number of nitrogens with zero attached hydrogens (tertiary/aromatic N) is 2. The first kappa shape index (κ1) is 10.7. The molecule has 1 aliphatic rings. The van der Waals surface area contributed by atoms with E-state index in [1.165, 1.54) is 11.3 Å². The van der Waals surface area contributed by atoms with Crippen LogP contribution in [0.2, 0.25) is 0 Å². The van der Waals surface area contributed by atoms with Gasteiger partial charge in [0.05, 0.1) is 17.1 Å². The van der Waals surface area contributed by atoms with E-state index in [9.17, 15) is 5.11 Å². The van der Waals surface area contributed by atoms with Crippen LogP contribution in [0.5, 0.6) is 0 Å². The van der Waals surface area contributed by atoms with Crippen LogP contribution in [0.1, 0.15) is 25.0 Å². The number of rotatable bonds is 2. The molecule has 1 saturated carbocycles. The third kappa shape index (κ3) is 1.71. The summed E-state index contributed by atoms with van der Waals surface area (Å²) in [6, 6.07) is 3.65. The van der Waals surface area contributed by atoms with Crippen LogP contribution in [0.4, 0.5) is 5.69 Å². The molecule has 0 aromatic carbocycles. The van der Waals surface area contributed by atoms with Crippen LogP contribution in [0.25, 0.3) is 10.7 Å². The first-order chi connectivity index (χ1) is 8.19. The summed E-state index contributed by atoms with van der Waals surface area (Å²) in [5.74, 6) is 0. The van der Waals surface area contributed by atoms with Crippen LogP contribution in [0.3, 0.4) is 0 Å². The summed E-state index contributed by atoms with van der Waals surface area (Å²) in [5, 5.41) is 13.1. The van der Waals surface area contributed by atoms with Crippen molar-refractivity contribution in [3.63, 3.8) is 0 Å². The largest absolute Gasteiger partial charge is 0.397 e. The Labute approximate surface area is 103 Å². The molecule has 2 heterocycles. The lowest BCUT2D eigenvalue weighted by Gasteiger charge is -2.36. The molecule has 3 rings (SSSR count). The highest BCUT2D eigenvalue weighted by Crippen LogP contribution is 2.42. The van der Waals surface area contributed by atoms with Gasteiger partial charge in [-0.05, 0) is 31.4 Å². The molecule has 1 aliphatic carbocycles. The van der Waals surface area contributed by atoms with Gasteiger partial charge in [-0.3, -0.25) is 0 Å². The van der Waals surface area contributed by atoms with Gasteiger partial charge >= 0.3 is 0 Å². The lowest BCUT2D eigenvalue weighted by Crippen LogP contribution is -2.35. The first-order valence-corrected chi connectivity index (χ1v) is 6.46. The molecule has 0 radical (unpaired) electrons. The number of anilines is 1. The van der Waals surface area contributed by atoms with Crippen molar-refractivity contribution in [3.05, 3.63) is 29.4 Å². The fourth-order valence-corrected chi connectivity index (χ4v) is 2.67. The van der Waals surface area contributed by atoms with E-state index < -0.39 is 5.60 Å². The number of nitrogen functional groups attached to an aromatic ring is 1. The van der Waals surface area contributed by atoms with Gasteiger partial charge in [-0.25, -0.2) is 9.97 Å². The highest BCUT2D eigenvalue weighted by molar-refractivity contribution is 7.13. The Kier molecular flexibility index (Phi) is 2.38. The van der Waals surface area contributed by atoms with Crippen LogP contribution in [-0.4, -0.2) is 15.1 Å². The summed E-state index contributed by atoms with van der Waals surface area (Å²) in [6.07, 6.45) is 4.26. The molecule has 0 spiro atoms. The Bertz CT molecular complexity index is 535. The van der Waals surface area contributed by atoms with Crippen molar-refractivity contribution < 1.29 is 5.11 Å². The smallest absolute Gasteiger partial charge is 0.141 e. The number of aliphatic hydroxyl groups is 1. The van der Waals surface area contributed by atoms with Crippen molar-refractivity contribution in [2.75, 3.05) is 5.73 Å². The van der Waals surface area contributed by atoms with E-state index in [0.717, 1.165) is 30.0 Å². The fourth-order valence-electron chi connectivity index (χ4n) is 2.06. The van der Waals surface area contributed by atoms with E-state index in [1.807, 2.05) is 11.4 Å². The Balaban J connectivity index is 2.07. The minimum Gasteiger partial charge on any atom is -0.397 e. The topological polar surface area (TPSA) is 72.0 Å². The normalized spacial score (nSPS) is 17.7. The summed E-state index contributed by atoms with van der Waals surface area (Å²) in [4.78, 5) is 8.70. The molecule has 0 atom stereocenters. The molecule has 0 aliphatic heterocycles. The summed E-state index contributed by atoms with van der Waals surface area (Å²) in [5.41, 5.74) is 7.03. The van der Waals surface area contributed by atoms with Crippen molar-refractivity contribution >= 4 is 17.0 Å². The maximum Gasteiger partial charge on any atom is 0.141 e. The predicted molar refractivity (Wildman–Crippen MR) is 67.5 cm³/mol. The van der Waals surface area contributed by atoms with Crippen molar-refractivity contribution in [2.45, 2.75) is 24.9 Å². The number of thiazole rings is 1. The molecule has 1 fully saturated rings. The Morgan fingerprint density at radius 1 is 1.35 bits per heavy atom. The van der Waals surface area contributed by atoms with E-state index in [0.29, 0.717) is 11.4 Å². The van der Waals surface area contributed by atoms with Gasteiger partial charge in [0.25, 0.3) is 0 Å². The van der Waals surface area contributed by atoms with Crippen molar-refractivity contribution in [2.24, 2.45) is 0 Å². The molecule has 5 heteroatoms. The summed E-state index contributed by atoms with van der Waals surface area (Å²) in [7, 11) is 0. The molecule has 4 nitrogen and oxygen atoms in total. The molecule has 2 aromatic heterocycles. The zero-order valence-electron chi connectivity index (χ0n) is 9.26. The fraction of sp³-hybridized carbons (Fsp3) is 0.333. The summed E-state index contributed by atoms with van der Waals surface area (Å²) < 4.78 is 0. The number of pyridine rings is 1. The highest BCUT2D eigenvalue weighted by atomic mass is 32.1. The Hall–Kier alpha value is -1.46.